The maximum absolute atomic E-state index is 5.74. The molecular weight excluding hydrogens is 380 g/mol. The average molecular weight is 407 g/mol. The minimum Gasteiger partial charge on any atom is -0.352 e. The van der Waals surface area contributed by atoms with Gasteiger partial charge in [-0.15, -0.1) is 0 Å². The van der Waals surface area contributed by atoms with E-state index in [1.54, 1.807) is 6.20 Å². The van der Waals surface area contributed by atoms with Crippen molar-refractivity contribution >= 4 is 17.3 Å². The van der Waals surface area contributed by atoms with Crippen LogP contribution in [0, 0.1) is 0 Å². The molecule has 1 N–H and O–H groups in total. The summed E-state index contributed by atoms with van der Waals surface area (Å²) in [4.78, 5) is 13.4. The van der Waals surface area contributed by atoms with Crippen LogP contribution in [-0.2, 0) is 6.54 Å². The average Bonchev–Trinajstić information content (AvgIpc) is 3.31. The second-order valence-corrected chi connectivity index (χ2v) is 7.93. The highest BCUT2D eigenvalue weighted by atomic mass is 32.1. The first-order valence-electron chi connectivity index (χ1n) is 9.80. The lowest BCUT2D eigenvalue weighted by molar-refractivity contribution is 0.269. The van der Waals surface area contributed by atoms with Crippen LogP contribution < -0.4 is 5.32 Å². The molecule has 1 aliphatic heterocycles. The molecule has 6 nitrogen and oxygen atoms in total. The van der Waals surface area contributed by atoms with Crippen molar-refractivity contribution in [2.45, 2.75) is 18.6 Å². The lowest BCUT2D eigenvalue weighted by atomic mass is 10.0. The minimum atomic E-state index is 0.00779. The lowest BCUT2D eigenvalue weighted by Crippen LogP contribution is -2.36. The summed E-state index contributed by atoms with van der Waals surface area (Å²) >= 11 is 5.74. The summed E-state index contributed by atoms with van der Waals surface area (Å²) in [5, 5.41) is 4.30. The van der Waals surface area contributed by atoms with Crippen molar-refractivity contribution in [1.82, 2.24) is 29.7 Å². The number of nitrogens with one attached hydrogen (secondary N) is 1. The van der Waals surface area contributed by atoms with Crippen molar-refractivity contribution in [2.75, 3.05) is 27.2 Å². The van der Waals surface area contributed by atoms with Crippen LogP contribution in [-0.4, -0.2) is 56.6 Å². The monoisotopic (exact) mass is 406 g/mol. The first kappa shape index (κ1) is 19.5. The zero-order chi connectivity index (χ0) is 20.2. The molecule has 7 heteroatoms. The second-order valence-electron chi connectivity index (χ2n) is 7.55. The molecule has 0 amide bonds. The first-order valence-corrected chi connectivity index (χ1v) is 10.2. The van der Waals surface area contributed by atoms with E-state index in [-0.39, 0.29) is 12.1 Å². The standard InChI is InChI=1S/C22H26N6S/c1-26(2)13-14-28-21(20(25-22(28)29)18-8-3-4-11-24-18)19-9-6-12-27(19)16-17-7-5-10-23-15-17/h3-12,15,20-21H,13-14,16H2,1-2H3,(H,25,29)/t20-,21+/m1/s1. The van der Waals surface area contributed by atoms with E-state index in [1.807, 2.05) is 30.6 Å². The number of thiocarbonyl (C=S) groups is 1. The summed E-state index contributed by atoms with van der Waals surface area (Å²) in [6, 6.07) is 14.5. The topological polar surface area (TPSA) is 49.2 Å². The van der Waals surface area contributed by atoms with E-state index in [9.17, 15) is 0 Å². The Balaban J connectivity index is 1.70. The Hall–Kier alpha value is -2.77. The summed E-state index contributed by atoms with van der Waals surface area (Å²) < 4.78 is 2.29. The maximum atomic E-state index is 5.74. The molecule has 4 rings (SSSR count). The predicted octanol–water partition coefficient (Wildman–Crippen LogP) is 2.86. The number of pyridine rings is 2. The van der Waals surface area contributed by atoms with Crippen LogP contribution in [0.15, 0.2) is 67.3 Å². The molecule has 0 saturated carbocycles. The molecule has 3 aromatic heterocycles. The molecule has 0 radical (unpaired) electrons. The zero-order valence-electron chi connectivity index (χ0n) is 16.8. The number of likely N-dealkylation sites (N-methyl/N-ethyl adjacent to an activating group) is 1. The number of rotatable bonds is 7. The van der Waals surface area contributed by atoms with Gasteiger partial charge in [0.2, 0.25) is 0 Å². The summed E-state index contributed by atoms with van der Waals surface area (Å²) in [5.41, 5.74) is 3.39. The summed E-state index contributed by atoms with van der Waals surface area (Å²) in [5.74, 6) is 0. The number of hydrogen-bond donors (Lipinski definition) is 1. The van der Waals surface area contributed by atoms with E-state index in [0.717, 1.165) is 30.4 Å². The van der Waals surface area contributed by atoms with Crippen LogP contribution in [0.3, 0.4) is 0 Å². The highest BCUT2D eigenvalue weighted by molar-refractivity contribution is 7.80. The molecule has 29 heavy (non-hydrogen) atoms. The van der Waals surface area contributed by atoms with Gasteiger partial charge in [-0.1, -0.05) is 12.1 Å². The summed E-state index contributed by atoms with van der Waals surface area (Å²) in [6.45, 7) is 2.55. The van der Waals surface area contributed by atoms with Gasteiger partial charge in [0.25, 0.3) is 0 Å². The third-order valence-electron chi connectivity index (χ3n) is 5.23. The fraction of sp³-hybridized carbons (Fsp3) is 0.318. The van der Waals surface area contributed by atoms with E-state index >= 15 is 0 Å². The van der Waals surface area contributed by atoms with E-state index in [2.05, 4.69) is 74.2 Å². The first-order chi connectivity index (χ1) is 14.1. The molecule has 150 valence electrons. The molecule has 0 bridgehead atoms. The highest BCUT2D eigenvalue weighted by Crippen LogP contribution is 2.38. The predicted molar refractivity (Wildman–Crippen MR) is 118 cm³/mol. The van der Waals surface area contributed by atoms with E-state index in [1.165, 1.54) is 11.3 Å². The van der Waals surface area contributed by atoms with Gasteiger partial charge in [-0.05, 0) is 62.2 Å². The van der Waals surface area contributed by atoms with Gasteiger partial charge in [-0.25, -0.2) is 0 Å². The van der Waals surface area contributed by atoms with Crippen LogP contribution in [0.1, 0.15) is 29.0 Å². The van der Waals surface area contributed by atoms with Crippen molar-refractivity contribution in [3.63, 3.8) is 0 Å². The molecule has 1 saturated heterocycles. The molecule has 0 spiro atoms. The smallest absolute Gasteiger partial charge is 0.170 e. The molecule has 1 aliphatic rings. The summed E-state index contributed by atoms with van der Waals surface area (Å²) in [6.07, 6.45) is 7.69. The Morgan fingerprint density at radius 1 is 1.10 bits per heavy atom. The molecule has 3 aromatic rings. The fourth-order valence-electron chi connectivity index (χ4n) is 3.80. The van der Waals surface area contributed by atoms with E-state index in [0.29, 0.717) is 0 Å². The Morgan fingerprint density at radius 3 is 2.72 bits per heavy atom. The van der Waals surface area contributed by atoms with Crippen LogP contribution >= 0.6 is 12.2 Å². The maximum Gasteiger partial charge on any atom is 0.170 e. The fourth-order valence-corrected chi connectivity index (χ4v) is 4.14. The van der Waals surface area contributed by atoms with E-state index < -0.39 is 0 Å². The molecule has 0 unspecified atom stereocenters. The van der Waals surface area contributed by atoms with Crippen molar-refractivity contribution in [3.05, 3.63) is 84.2 Å². The van der Waals surface area contributed by atoms with Crippen LogP contribution in [0.5, 0.6) is 0 Å². The van der Waals surface area contributed by atoms with Crippen LogP contribution in [0.4, 0.5) is 0 Å². The van der Waals surface area contributed by atoms with Crippen molar-refractivity contribution < 1.29 is 0 Å². The minimum absolute atomic E-state index is 0.00779. The lowest BCUT2D eigenvalue weighted by Gasteiger charge is -2.29. The second kappa shape index (κ2) is 8.71. The van der Waals surface area contributed by atoms with Gasteiger partial charge in [0.1, 0.15) is 0 Å². The Labute approximate surface area is 177 Å². The third kappa shape index (κ3) is 4.31. The SMILES string of the molecule is CN(C)CCN1C(=S)N[C@H](c2ccccn2)[C@@H]1c1cccn1Cc1cccnc1. The number of aromatic nitrogens is 3. The van der Waals surface area contributed by atoms with Crippen molar-refractivity contribution in [3.8, 4) is 0 Å². The molecule has 0 aromatic carbocycles. The van der Waals surface area contributed by atoms with Crippen molar-refractivity contribution in [1.29, 1.82) is 0 Å². The van der Waals surface area contributed by atoms with Gasteiger partial charge in [0.15, 0.2) is 5.11 Å². The Bertz CT molecular complexity index is 940. The van der Waals surface area contributed by atoms with Gasteiger partial charge in [-0.2, -0.15) is 0 Å². The van der Waals surface area contributed by atoms with Gasteiger partial charge in [-0.3, -0.25) is 9.97 Å². The quantitative estimate of drug-likeness (QED) is 0.609. The normalized spacial score (nSPS) is 19.0. The Kier molecular flexibility index (Phi) is 5.87. The van der Waals surface area contributed by atoms with Crippen molar-refractivity contribution in [2.24, 2.45) is 0 Å². The molecular formula is C22H26N6S. The van der Waals surface area contributed by atoms with Gasteiger partial charge in [0, 0.05) is 50.1 Å². The highest BCUT2D eigenvalue weighted by Gasteiger charge is 2.40. The molecule has 1 fully saturated rings. The Morgan fingerprint density at radius 2 is 2.00 bits per heavy atom. The zero-order valence-corrected chi connectivity index (χ0v) is 17.6. The largest absolute Gasteiger partial charge is 0.352 e. The van der Waals surface area contributed by atoms with E-state index in [4.69, 9.17) is 12.2 Å². The molecule has 2 atom stereocenters. The number of nitrogens with zero attached hydrogens (tertiary/aromatic N) is 5. The molecule has 4 heterocycles. The van der Waals surface area contributed by atoms with Gasteiger partial charge < -0.3 is 19.7 Å². The number of hydrogen-bond acceptors (Lipinski definition) is 4. The summed E-state index contributed by atoms with van der Waals surface area (Å²) in [7, 11) is 4.17. The van der Waals surface area contributed by atoms with Gasteiger partial charge in [0.05, 0.1) is 17.8 Å². The molecule has 0 aliphatic carbocycles. The van der Waals surface area contributed by atoms with Gasteiger partial charge >= 0.3 is 0 Å². The van der Waals surface area contributed by atoms with Crippen LogP contribution in [0.2, 0.25) is 0 Å². The third-order valence-corrected chi connectivity index (χ3v) is 5.58. The van der Waals surface area contributed by atoms with Crippen LogP contribution in [0.25, 0.3) is 0 Å².